The van der Waals surface area contributed by atoms with Crippen molar-refractivity contribution in [3.8, 4) is 0 Å². The second-order valence-corrected chi connectivity index (χ2v) is 6.89. The van der Waals surface area contributed by atoms with Crippen molar-refractivity contribution in [2.75, 3.05) is 19.6 Å². The summed E-state index contributed by atoms with van der Waals surface area (Å²) in [4.78, 5) is 29.4. The summed E-state index contributed by atoms with van der Waals surface area (Å²) in [5.74, 6) is 0.0320. The van der Waals surface area contributed by atoms with Gasteiger partial charge in [-0.15, -0.1) is 0 Å². The van der Waals surface area contributed by atoms with Crippen molar-refractivity contribution in [3.63, 3.8) is 0 Å². The topological polar surface area (TPSA) is 77.2 Å². The lowest BCUT2D eigenvalue weighted by atomic mass is 10.1. The van der Waals surface area contributed by atoms with Crippen LogP contribution in [0.15, 0.2) is 54.7 Å². The van der Waals surface area contributed by atoms with Crippen LogP contribution < -0.4 is 10.6 Å². The van der Waals surface area contributed by atoms with Gasteiger partial charge in [-0.1, -0.05) is 30.3 Å². The molecule has 0 aliphatic rings. The van der Waals surface area contributed by atoms with Gasteiger partial charge in [0.05, 0.1) is 0 Å². The van der Waals surface area contributed by atoms with E-state index in [2.05, 4.69) is 21.7 Å². The number of aromatic amines is 1. The van der Waals surface area contributed by atoms with Crippen molar-refractivity contribution < 1.29 is 9.59 Å². The number of para-hydroxylation sites is 1. The van der Waals surface area contributed by atoms with E-state index >= 15 is 0 Å². The van der Waals surface area contributed by atoms with Gasteiger partial charge in [-0.3, -0.25) is 4.79 Å². The molecule has 0 unspecified atom stereocenters. The average Bonchev–Trinajstić information content (AvgIpc) is 3.16. The van der Waals surface area contributed by atoms with Crippen molar-refractivity contribution in [2.24, 2.45) is 0 Å². The van der Waals surface area contributed by atoms with Gasteiger partial charge in [-0.05, 0) is 49.6 Å². The molecular formula is C23H28N4O2. The molecule has 3 amide bonds. The number of nitrogens with one attached hydrogen (secondary N) is 3. The zero-order valence-electron chi connectivity index (χ0n) is 17.0. The Bertz CT molecular complexity index is 958. The van der Waals surface area contributed by atoms with Crippen LogP contribution in [0.3, 0.4) is 0 Å². The van der Waals surface area contributed by atoms with Crippen LogP contribution >= 0.6 is 0 Å². The Kier molecular flexibility index (Phi) is 6.89. The van der Waals surface area contributed by atoms with Crippen LogP contribution in [0.1, 0.15) is 35.3 Å². The number of benzene rings is 2. The largest absolute Gasteiger partial charge is 0.361 e. The van der Waals surface area contributed by atoms with Gasteiger partial charge < -0.3 is 20.5 Å². The fourth-order valence-corrected chi connectivity index (χ4v) is 3.35. The Morgan fingerprint density at radius 1 is 0.966 bits per heavy atom. The smallest absolute Gasteiger partial charge is 0.315 e. The number of hydrogen-bond donors (Lipinski definition) is 3. The molecule has 6 heteroatoms. The number of carbonyl (C=O) groups is 2. The second kappa shape index (κ2) is 9.78. The third kappa shape index (κ3) is 5.16. The molecule has 0 bridgehead atoms. The molecular weight excluding hydrogens is 364 g/mol. The first kappa shape index (κ1) is 20.5. The van der Waals surface area contributed by atoms with E-state index < -0.39 is 0 Å². The fraction of sp³-hybridized carbons (Fsp3) is 0.304. The van der Waals surface area contributed by atoms with Crippen LogP contribution in [0.5, 0.6) is 0 Å². The number of aromatic nitrogens is 1. The molecule has 1 aromatic heterocycles. The highest BCUT2D eigenvalue weighted by Crippen LogP contribution is 2.17. The number of H-pyrrole nitrogens is 1. The lowest BCUT2D eigenvalue weighted by Gasteiger charge is -2.18. The maximum absolute atomic E-state index is 12.3. The van der Waals surface area contributed by atoms with Crippen LogP contribution in [0.4, 0.5) is 4.79 Å². The minimum absolute atomic E-state index is 0.0320. The van der Waals surface area contributed by atoms with E-state index in [-0.39, 0.29) is 11.9 Å². The first-order valence-corrected chi connectivity index (χ1v) is 10.1. The lowest BCUT2D eigenvalue weighted by molar-refractivity contribution is 0.0773. The average molecular weight is 393 g/mol. The number of carbonyl (C=O) groups excluding carboxylic acids is 2. The van der Waals surface area contributed by atoms with E-state index in [9.17, 15) is 9.59 Å². The number of amides is 3. The summed E-state index contributed by atoms with van der Waals surface area (Å²) < 4.78 is 0. The molecule has 0 aliphatic heterocycles. The lowest BCUT2D eigenvalue weighted by Crippen LogP contribution is -2.36. The first-order chi connectivity index (χ1) is 14.1. The summed E-state index contributed by atoms with van der Waals surface area (Å²) >= 11 is 0. The van der Waals surface area contributed by atoms with Crippen LogP contribution in [0, 0.1) is 0 Å². The molecule has 0 spiro atoms. The van der Waals surface area contributed by atoms with E-state index in [1.165, 1.54) is 10.9 Å². The van der Waals surface area contributed by atoms with E-state index in [1.54, 1.807) is 4.90 Å². The van der Waals surface area contributed by atoms with Gasteiger partial charge in [0.2, 0.25) is 0 Å². The zero-order valence-corrected chi connectivity index (χ0v) is 17.0. The third-order valence-electron chi connectivity index (χ3n) is 5.06. The summed E-state index contributed by atoms with van der Waals surface area (Å²) in [6.07, 6.45) is 2.75. The van der Waals surface area contributed by atoms with E-state index in [0.717, 1.165) is 17.5 Å². The zero-order chi connectivity index (χ0) is 20.6. The highest BCUT2D eigenvalue weighted by molar-refractivity contribution is 5.94. The normalized spacial score (nSPS) is 10.7. The molecule has 0 saturated heterocycles. The Balaban J connectivity index is 1.44. The molecule has 1 heterocycles. The molecule has 0 fully saturated rings. The van der Waals surface area contributed by atoms with E-state index in [4.69, 9.17) is 0 Å². The van der Waals surface area contributed by atoms with Gasteiger partial charge in [-0.2, -0.15) is 0 Å². The molecule has 3 N–H and O–H groups in total. The SMILES string of the molecule is CCN(CC)C(=O)c1ccc(CNC(=O)NCCc2c[nH]c3ccccc23)cc1. The van der Waals surface area contributed by atoms with Gasteiger partial charge in [0.15, 0.2) is 0 Å². The molecule has 152 valence electrons. The predicted octanol–water partition coefficient (Wildman–Crippen LogP) is 3.69. The van der Waals surface area contributed by atoms with Gasteiger partial charge in [0, 0.05) is 48.8 Å². The summed E-state index contributed by atoms with van der Waals surface area (Å²) in [6.45, 7) is 6.30. The first-order valence-electron chi connectivity index (χ1n) is 10.1. The standard InChI is InChI=1S/C23H28N4O2/c1-3-27(4-2)22(28)18-11-9-17(10-12-18)15-26-23(29)24-14-13-19-16-25-21-8-6-5-7-20(19)21/h5-12,16,25H,3-4,13-15H2,1-2H3,(H2,24,26,29). The summed E-state index contributed by atoms with van der Waals surface area (Å²) in [5.41, 5.74) is 3.91. The molecule has 3 rings (SSSR count). The predicted molar refractivity (Wildman–Crippen MR) is 116 cm³/mol. The van der Waals surface area contributed by atoms with E-state index in [0.29, 0.717) is 31.7 Å². The Morgan fingerprint density at radius 2 is 1.69 bits per heavy atom. The van der Waals surface area contributed by atoms with E-state index in [1.807, 2.05) is 62.5 Å². The minimum atomic E-state index is -0.201. The van der Waals surface area contributed by atoms with Crippen molar-refractivity contribution in [3.05, 3.63) is 71.4 Å². The van der Waals surface area contributed by atoms with Crippen LogP contribution in [0.25, 0.3) is 10.9 Å². The molecule has 0 aliphatic carbocycles. The number of hydrogen-bond acceptors (Lipinski definition) is 2. The molecule has 29 heavy (non-hydrogen) atoms. The van der Waals surface area contributed by atoms with Gasteiger partial charge in [0.25, 0.3) is 5.91 Å². The number of fused-ring (bicyclic) bond motifs is 1. The Labute approximate surface area is 171 Å². The highest BCUT2D eigenvalue weighted by atomic mass is 16.2. The van der Waals surface area contributed by atoms with Crippen molar-refractivity contribution >= 4 is 22.8 Å². The summed E-state index contributed by atoms with van der Waals surface area (Å²) in [7, 11) is 0. The van der Waals surface area contributed by atoms with Crippen LogP contribution in [0.2, 0.25) is 0 Å². The molecule has 6 nitrogen and oxygen atoms in total. The van der Waals surface area contributed by atoms with Crippen molar-refractivity contribution in [1.29, 1.82) is 0 Å². The maximum atomic E-state index is 12.3. The molecule has 0 saturated carbocycles. The molecule has 0 radical (unpaired) electrons. The van der Waals surface area contributed by atoms with Crippen molar-refractivity contribution in [1.82, 2.24) is 20.5 Å². The van der Waals surface area contributed by atoms with Gasteiger partial charge in [0.1, 0.15) is 0 Å². The Hall–Kier alpha value is -3.28. The van der Waals surface area contributed by atoms with Gasteiger partial charge in [-0.25, -0.2) is 4.79 Å². The van der Waals surface area contributed by atoms with Gasteiger partial charge >= 0.3 is 6.03 Å². The fourth-order valence-electron chi connectivity index (χ4n) is 3.35. The van der Waals surface area contributed by atoms with Crippen LogP contribution in [-0.4, -0.2) is 41.5 Å². The quantitative estimate of drug-likeness (QED) is 0.547. The number of urea groups is 1. The third-order valence-corrected chi connectivity index (χ3v) is 5.06. The number of nitrogens with zero attached hydrogens (tertiary/aromatic N) is 1. The molecule has 3 aromatic rings. The second-order valence-electron chi connectivity index (χ2n) is 6.89. The molecule has 0 atom stereocenters. The summed E-state index contributed by atoms with van der Waals surface area (Å²) in [5, 5.41) is 6.94. The Morgan fingerprint density at radius 3 is 2.41 bits per heavy atom. The van der Waals surface area contributed by atoms with Crippen LogP contribution in [-0.2, 0) is 13.0 Å². The minimum Gasteiger partial charge on any atom is -0.361 e. The van der Waals surface area contributed by atoms with Crippen molar-refractivity contribution in [2.45, 2.75) is 26.8 Å². The summed E-state index contributed by atoms with van der Waals surface area (Å²) in [6, 6.07) is 15.3. The molecule has 2 aromatic carbocycles. The monoisotopic (exact) mass is 392 g/mol. The maximum Gasteiger partial charge on any atom is 0.315 e. The number of rotatable bonds is 8. The highest BCUT2D eigenvalue weighted by Gasteiger charge is 2.12.